The lowest BCUT2D eigenvalue weighted by molar-refractivity contribution is -0.119. The summed E-state index contributed by atoms with van der Waals surface area (Å²) in [6.45, 7) is 9.23. The van der Waals surface area contributed by atoms with Crippen LogP contribution in [0.4, 0.5) is 11.4 Å². The summed E-state index contributed by atoms with van der Waals surface area (Å²) in [6, 6.07) is 12.7. The van der Waals surface area contributed by atoms with Crippen molar-refractivity contribution in [3.63, 3.8) is 0 Å². The number of para-hydroxylation sites is 1. The van der Waals surface area contributed by atoms with Crippen molar-refractivity contribution in [1.82, 2.24) is 15.2 Å². The Morgan fingerprint density at radius 3 is 2.30 bits per heavy atom. The highest BCUT2D eigenvalue weighted by Crippen LogP contribution is 2.26. The van der Waals surface area contributed by atoms with Gasteiger partial charge in [-0.2, -0.15) is 0 Å². The number of anilines is 2. The Morgan fingerprint density at radius 2 is 1.64 bits per heavy atom. The summed E-state index contributed by atoms with van der Waals surface area (Å²) in [5, 5.41) is 13.6. The van der Waals surface area contributed by atoms with E-state index in [0.29, 0.717) is 11.3 Å². The third-order valence-electron chi connectivity index (χ3n) is 4.94. The summed E-state index contributed by atoms with van der Waals surface area (Å²) in [5.41, 5.74) is 3.42. The predicted octanol–water partition coefficient (Wildman–Crippen LogP) is 4.16. The lowest BCUT2D eigenvalue weighted by Gasteiger charge is -2.14. The molecule has 8 nitrogen and oxygen atoms in total. The molecule has 172 valence electrons. The first-order chi connectivity index (χ1) is 15.7. The van der Waals surface area contributed by atoms with Crippen LogP contribution in [0.3, 0.4) is 0 Å². The van der Waals surface area contributed by atoms with Gasteiger partial charge in [0.15, 0.2) is 10.9 Å². The second-order valence-corrected chi connectivity index (χ2v) is 9.39. The molecule has 3 rings (SSSR count). The maximum absolute atomic E-state index is 12.7. The van der Waals surface area contributed by atoms with Gasteiger partial charge in [0.05, 0.1) is 10.9 Å². The van der Waals surface area contributed by atoms with Crippen molar-refractivity contribution in [2.75, 3.05) is 10.6 Å². The monoisotopic (exact) mass is 465 g/mol. The standard InChI is InChI=1S/C24H27N5O3S/c1-13(2)21(30)26-19-9-7-6-8-17(19)20-23(32)27-24(29-28-20)33-16(5)22(31)25-18-11-10-14(3)12-15(18)4/h6-13,16H,1-5H3,(H,25,31)(H,26,30)(H,27,29,32)/t16-/m0/s1. The molecule has 0 saturated carbocycles. The van der Waals surface area contributed by atoms with Gasteiger partial charge in [0, 0.05) is 17.2 Å². The molecule has 0 unspecified atom stereocenters. The molecule has 3 N–H and O–H groups in total. The van der Waals surface area contributed by atoms with Crippen molar-refractivity contribution in [2.45, 2.75) is 45.0 Å². The lowest BCUT2D eigenvalue weighted by Crippen LogP contribution is -2.24. The molecule has 3 aromatic rings. The van der Waals surface area contributed by atoms with Gasteiger partial charge in [-0.05, 0) is 38.5 Å². The smallest absolute Gasteiger partial charge is 0.278 e. The molecule has 2 aromatic carbocycles. The number of hydrogen-bond donors (Lipinski definition) is 3. The first kappa shape index (κ1) is 24.2. The van der Waals surface area contributed by atoms with Gasteiger partial charge in [-0.25, -0.2) is 0 Å². The highest BCUT2D eigenvalue weighted by atomic mass is 32.2. The van der Waals surface area contributed by atoms with Crippen molar-refractivity contribution >= 4 is 35.0 Å². The molecule has 0 spiro atoms. The first-order valence-corrected chi connectivity index (χ1v) is 11.5. The number of H-pyrrole nitrogens is 1. The van der Waals surface area contributed by atoms with Gasteiger partial charge in [0.25, 0.3) is 5.56 Å². The van der Waals surface area contributed by atoms with Gasteiger partial charge >= 0.3 is 0 Å². The number of aryl methyl sites for hydroxylation is 2. The second kappa shape index (κ2) is 10.4. The second-order valence-electron chi connectivity index (χ2n) is 8.07. The predicted molar refractivity (Wildman–Crippen MR) is 131 cm³/mol. The fourth-order valence-electron chi connectivity index (χ4n) is 3.04. The van der Waals surface area contributed by atoms with Crippen molar-refractivity contribution in [3.05, 3.63) is 63.9 Å². The molecule has 0 radical (unpaired) electrons. The van der Waals surface area contributed by atoms with E-state index < -0.39 is 10.8 Å². The van der Waals surface area contributed by atoms with Gasteiger partial charge in [0.2, 0.25) is 11.8 Å². The maximum atomic E-state index is 12.7. The third kappa shape index (κ3) is 6.07. The topological polar surface area (TPSA) is 117 Å². The minimum atomic E-state index is -0.515. The van der Waals surface area contributed by atoms with Crippen molar-refractivity contribution in [1.29, 1.82) is 0 Å². The van der Waals surface area contributed by atoms with Crippen molar-refractivity contribution in [3.8, 4) is 11.3 Å². The molecule has 1 atom stereocenters. The molecule has 33 heavy (non-hydrogen) atoms. The quantitative estimate of drug-likeness (QED) is 0.451. The first-order valence-electron chi connectivity index (χ1n) is 10.6. The summed E-state index contributed by atoms with van der Waals surface area (Å²) in [5.74, 6) is -0.583. The summed E-state index contributed by atoms with van der Waals surface area (Å²) >= 11 is 1.11. The van der Waals surface area contributed by atoms with E-state index in [-0.39, 0.29) is 28.6 Å². The molecule has 9 heteroatoms. The lowest BCUT2D eigenvalue weighted by atomic mass is 10.1. The number of amides is 2. The van der Waals surface area contributed by atoms with E-state index in [9.17, 15) is 14.4 Å². The number of hydrogen-bond acceptors (Lipinski definition) is 6. The Hall–Kier alpha value is -3.46. The Bertz CT molecular complexity index is 1240. The number of aromatic amines is 1. The molecule has 0 saturated heterocycles. The summed E-state index contributed by atoms with van der Waals surface area (Å²) < 4.78 is 0. The number of rotatable bonds is 7. The van der Waals surface area contributed by atoms with Crippen LogP contribution in [0.5, 0.6) is 0 Å². The van der Waals surface area contributed by atoms with Crippen LogP contribution in [0.2, 0.25) is 0 Å². The average molecular weight is 466 g/mol. The number of nitrogens with zero attached hydrogens (tertiary/aromatic N) is 2. The Balaban J connectivity index is 1.75. The number of aromatic nitrogens is 3. The highest BCUT2D eigenvalue weighted by molar-refractivity contribution is 8.00. The van der Waals surface area contributed by atoms with Gasteiger partial charge in [-0.1, -0.05) is 61.5 Å². The molecule has 2 amide bonds. The zero-order valence-corrected chi connectivity index (χ0v) is 20.0. The fraction of sp³-hybridized carbons (Fsp3) is 0.292. The molecule has 1 aromatic heterocycles. The van der Waals surface area contributed by atoms with E-state index in [0.717, 1.165) is 28.6 Å². The largest absolute Gasteiger partial charge is 0.325 e. The number of thioether (sulfide) groups is 1. The molecule has 0 bridgehead atoms. The third-order valence-corrected chi connectivity index (χ3v) is 5.91. The number of benzene rings is 2. The normalized spacial score (nSPS) is 11.8. The van der Waals surface area contributed by atoms with Crippen molar-refractivity contribution in [2.24, 2.45) is 5.92 Å². The van der Waals surface area contributed by atoms with E-state index in [1.807, 2.05) is 32.0 Å². The fourth-order valence-corrected chi connectivity index (χ4v) is 3.78. The van der Waals surface area contributed by atoms with E-state index >= 15 is 0 Å². The van der Waals surface area contributed by atoms with Crippen LogP contribution in [0.15, 0.2) is 52.4 Å². The summed E-state index contributed by atoms with van der Waals surface area (Å²) in [7, 11) is 0. The number of carbonyl (C=O) groups is 2. The minimum absolute atomic E-state index is 0.0893. The minimum Gasteiger partial charge on any atom is -0.325 e. The molecule has 0 aliphatic heterocycles. The van der Waals surface area contributed by atoms with Gasteiger partial charge in [-0.15, -0.1) is 10.2 Å². The average Bonchev–Trinajstić information content (AvgIpc) is 2.76. The highest BCUT2D eigenvalue weighted by Gasteiger charge is 2.19. The van der Waals surface area contributed by atoms with Gasteiger partial charge in [-0.3, -0.25) is 19.4 Å². The van der Waals surface area contributed by atoms with E-state index in [2.05, 4.69) is 25.8 Å². The molecular weight excluding hydrogens is 438 g/mol. The number of nitrogens with one attached hydrogen (secondary N) is 3. The van der Waals surface area contributed by atoms with Gasteiger partial charge in [0.1, 0.15) is 0 Å². The number of carbonyl (C=O) groups excluding carboxylic acids is 2. The van der Waals surface area contributed by atoms with E-state index in [1.165, 1.54) is 0 Å². The van der Waals surface area contributed by atoms with Gasteiger partial charge < -0.3 is 10.6 Å². The van der Waals surface area contributed by atoms with Crippen molar-refractivity contribution < 1.29 is 9.59 Å². The molecule has 0 aliphatic rings. The van der Waals surface area contributed by atoms with Crippen LogP contribution in [-0.2, 0) is 9.59 Å². The Kier molecular flexibility index (Phi) is 7.65. The van der Waals surface area contributed by atoms with Crippen LogP contribution >= 0.6 is 11.8 Å². The SMILES string of the molecule is Cc1ccc(NC(=O)[C@H](C)Sc2nnc(-c3ccccc3NC(=O)C(C)C)c(=O)[nH]2)c(C)c1. The van der Waals surface area contributed by atoms with Crippen LogP contribution in [0.25, 0.3) is 11.3 Å². The summed E-state index contributed by atoms with van der Waals surface area (Å²) in [6.07, 6.45) is 0. The molecule has 0 aliphatic carbocycles. The molecule has 0 fully saturated rings. The Labute approximate surface area is 196 Å². The summed E-state index contributed by atoms with van der Waals surface area (Å²) in [4.78, 5) is 40.2. The maximum Gasteiger partial charge on any atom is 0.278 e. The zero-order valence-electron chi connectivity index (χ0n) is 19.2. The molecule has 1 heterocycles. The molecular formula is C24H27N5O3S. The van der Waals surface area contributed by atoms with Crippen LogP contribution in [-0.4, -0.2) is 32.2 Å². The van der Waals surface area contributed by atoms with Crippen LogP contribution in [0, 0.1) is 19.8 Å². The Morgan fingerprint density at radius 1 is 0.939 bits per heavy atom. The van der Waals surface area contributed by atoms with E-state index in [4.69, 9.17) is 0 Å². The van der Waals surface area contributed by atoms with Crippen LogP contribution in [0.1, 0.15) is 31.9 Å². The van der Waals surface area contributed by atoms with Crippen LogP contribution < -0.4 is 16.2 Å². The zero-order chi connectivity index (χ0) is 24.1. The van der Waals surface area contributed by atoms with E-state index in [1.54, 1.807) is 45.0 Å².